The van der Waals surface area contributed by atoms with Gasteiger partial charge in [0.15, 0.2) is 11.6 Å². The molecule has 1 amide bonds. The average Bonchev–Trinajstić information content (AvgIpc) is 3.31. The molecule has 0 saturated carbocycles. The number of hydrogen-bond acceptors (Lipinski definition) is 7. The number of likely N-dealkylation sites (tertiary alicyclic amines) is 1. The molecule has 0 bridgehead atoms. The van der Waals surface area contributed by atoms with E-state index in [-0.39, 0.29) is 96.2 Å². The van der Waals surface area contributed by atoms with Crippen LogP contribution in [0, 0.1) is 18.2 Å². The molecular weight excluding hydrogens is 638 g/mol. The summed E-state index contributed by atoms with van der Waals surface area (Å²) in [5.74, 6) is -3.32. The number of halogens is 5. The summed E-state index contributed by atoms with van der Waals surface area (Å²) < 4.78 is 65.7. The lowest BCUT2D eigenvalue weighted by molar-refractivity contribution is -0.131. The van der Waals surface area contributed by atoms with Gasteiger partial charge in [0, 0.05) is 55.8 Å². The van der Waals surface area contributed by atoms with Crippen LogP contribution in [0.5, 0.6) is 6.01 Å². The largest absolute Gasteiger partial charge is 0.462 e. The number of ether oxygens (including phenoxy) is 1. The fourth-order valence-electron chi connectivity index (χ4n) is 6.47. The van der Waals surface area contributed by atoms with Gasteiger partial charge in [-0.15, -0.1) is 0 Å². The fraction of sp³-hybridized carbons (Fsp3) is 0.364. The minimum Gasteiger partial charge on any atom is -0.462 e. The summed E-state index contributed by atoms with van der Waals surface area (Å²) >= 11 is 6.35. The van der Waals surface area contributed by atoms with Crippen molar-refractivity contribution in [3.8, 4) is 17.3 Å². The first-order chi connectivity index (χ1) is 22.4. The van der Waals surface area contributed by atoms with Crippen LogP contribution in [0.4, 0.5) is 23.4 Å². The fourth-order valence-corrected chi connectivity index (χ4v) is 6.75. The molecule has 4 aromatic rings. The number of alkyl halides is 1. The molecule has 0 radical (unpaired) electrons. The first-order valence-electron chi connectivity index (χ1n) is 14.9. The molecule has 1 unspecified atom stereocenters. The molecule has 2 aliphatic heterocycles. The lowest BCUT2D eigenvalue weighted by Gasteiger charge is -2.39. The van der Waals surface area contributed by atoms with Crippen LogP contribution < -0.4 is 9.64 Å². The van der Waals surface area contributed by atoms with Crippen LogP contribution in [0.15, 0.2) is 48.9 Å². The molecule has 9 nitrogen and oxygen atoms in total. The highest BCUT2D eigenvalue weighted by atomic mass is 35.5. The summed E-state index contributed by atoms with van der Waals surface area (Å²) in [5.41, 5.74) is -1.42. The molecule has 2 saturated heterocycles. The average molecular weight is 668 g/mol. The van der Waals surface area contributed by atoms with Crippen molar-refractivity contribution < 1.29 is 27.1 Å². The van der Waals surface area contributed by atoms with Gasteiger partial charge < -0.3 is 19.4 Å². The van der Waals surface area contributed by atoms with Crippen molar-refractivity contribution in [1.82, 2.24) is 24.8 Å². The van der Waals surface area contributed by atoms with Gasteiger partial charge in [0.2, 0.25) is 6.54 Å². The normalized spacial score (nSPS) is 21.7. The summed E-state index contributed by atoms with van der Waals surface area (Å²) in [4.78, 5) is 34.2. The summed E-state index contributed by atoms with van der Waals surface area (Å²) in [7, 11) is 1.78. The molecule has 2 aromatic carbocycles. The van der Waals surface area contributed by atoms with E-state index in [4.69, 9.17) is 22.9 Å². The van der Waals surface area contributed by atoms with E-state index in [1.54, 1.807) is 30.1 Å². The molecule has 0 N–H and O–H groups in total. The predicted octanol–water partition coefficient (Wildman–Crippen LogP) is 6.01. The molecule has 14 heteroatoms. The minimum absolute atomic E-state index is 0.0277. The van der Waals surface area contributed by atoms with Gasteiger partial charge in [-0.25, -0.2) is 24.1 Å². The van der Waals surface area contributed by atoms with Gasteiger partial charge in [-0.2, -0.15) is 9.97 Å². The molecule has 2 aromatic heterocycles. The Morgan fingerprint density at radius 1 is 1.21 bits per heavy atom. The summed E-state index contributed by atoms with van der Waals surface area (Å²) in [6.45, 7) is 12.4. The van der Waals surface area contributed by atoms with Crippen molar-refractivity contribution in [3.05, 3.63) is 77.0 Å². The van der Waals surface area contributed by atoms with Gasteiger partial charge >= 0.3 is 6.01 Å². The van der Waals surface area contributed by atoms with E-state index in [0.29, 0.717) is 5.39 Å². The minimum atomic E-state index is -1.40. The Bertz CT molecular complexity index is 1950. The molecule has 4 heterocycles. The van der Waals surface area contributed by atoms with Gasteiger partial charge in [0.1, 0.15) is 41.2 Å². The highest BCUT2D eigenvalue weighted by Crippen LogP contribution is 2.39. The number of fused-ring (bicyclic) bond motifs is 2. The maximum Gasteiger partial charge on any atom is 0.319 e. The van der Waals surface area contributed by atoms with E-state index >= 15 is 4.39 Å². The number of aromatic nitrogens is 3. The van der Waals surface area contributed by atoms with Gasteiger partial charge in [0.05, 0.1) is 10.4 Å². The Morgan fingerprint density at radius 3 is 2.70 bits per heavy atom. The lowest BCUT2D eigenvalue weighted by Crippen LogP contribution is -2.56. The standard InChI is InChI=1S/C33H30ClF4N7O2/c1-18(35)31(46)45-11-10-44(15-21(45)13-39-3)30-23-14-40-28(22-7-5-6-19-8-9-24(36)26(34)25(19)22)27(37)29(23)41-32(42-30)47-16-20-12-33(2,38)17-43(20)4/h5-9,14,20-21H,1,10-13,15-17H2,2,4H3/t20-,21-,33?/m0/s1. The number of rotatable bonds is 7. The maximum absolute atomic E-state index is 16.6. The zero-order chi connectivity index (χ0) is 33.6. The Labute approximate surface area is 273 Å². The number of piperazine rings is 1. The predicted molar refractivity (Wildman–Crippen MR) is 171 cm³/mol. The number of pyridine rings is 1. The Morgan fingerprint density at radius 2 is 2.00 bits per heavy atom. The van der Waals surface area contributed by atoms with Crippen molar-refractivity contribution in [3.63, 3.8) is 0 Å². The van der Waals surface area contributed by atoms with Crippen molar-refractivity contribution in [2.75, 3.05) is 51.3 Å². The molecule has 6 rings (SSSR count). The molecule has 0 spiro atoms. The van der Waals surface area contributed by atoms with Crippen LogP contribution in [0.1, 0.15) is 13.3 Å². The molecular formula is C33H30ClF4N7O2. The SMILES string of the molecule is [C-]#[N+]C[C@H]1CN(c2nc(OC[C@@H]3CC(C)(F)CN3C)nc3c(F)c(-c4cccc5ccc(F)c(Cl)c45)ncc23)CCN1C(=O)C(=C)F. The first kappa shape index (κ1) is 32.4. The monoisotopic (exact) mass is 667 g/mol. The summed E-state index contributed by atoms with van der Waals surface area (Å²) in [6.07, 6.45) is 1.61. The Kier molecular flexibility index (Phi) is 8.67. The highest BCUT2D eigenvalue weighted by Gasteiger charge is 2.40. The van der Waals surface area contributed by atoms with Gasteiger partial charge in [-0.1, -0.05) is 42.4 Å². The van der Waals surface area contributed by atoms with Crippen molar-refractivity contribution in [1.29, 1.82) is 0 Å². The van der Waals surface area contributed by atoms with Crippen molar-refractivity contribution >= 4 is 45.0 Å². The van der Waals surface area contributed by atoms with Crippen molar-refractivity contribution in [2.24, 2.45) is 0 Å². The van der Waals surface area contributed by atoms with Gasteiger partial charge in [-0.3, -0.25) is 14.7 Å². The second-order valence-corrected chi connectivity index (χ2v) is 12.5. The number of amides is 1. The van der Waals surface area contributed by atoms with E-state index in [1.165, 1.54) is 30.2 Å². The second-order valence-electron chi connectivity index (χ2n) is 12.1. The first-order valence-corrected chi connectivity index (χ1v) is 15.2. The van der Waals surface area contributed by atoms with E-state index in [1.807, 2.05) is 4.90 Å². The smallest absolute Gasteiger partial charge is 0.319 e. The zero-order valence-corrected chi connectivity index (χ0v) is 26.4. The molecule has 2 aliphatic rings. The Balaban J connectivity index is 1.46. The van der Waals surface area contributed by atoms with Crippen LogP contribution in [0.2, 0.25) is 5.02 Å². The lowest BCUT2D eigenvalue weighted by atomic mass is 10.0. The number of benzene rings is 2. The van der Waals surface area contributed by atoms with E-state index < -0.39 is 35.1 Å². The van der Waals surface area contributed by atoms with E-state index in [0.717, 1.165) is 0 Å². The number of likely N-dealkylation sites (N-methyl/N-ethyl adjacent to an activating group) is 1. The van der Waals surface area contributed by atoms with E-state index in [2.05, 4.69) is 26.4 Å². The van der Waals surface area contributed by atoms with Crippen LogP contribution in [0.25, 0.3) is 37.8 Å². The maximum atomic E-state index is 16.6. The second kappa shape index (κ2) is 12.6. The quantitative estimate of drug-likeness (QED) is 0.136. The Hall–Kier alpha value is -4.54. The zero-order valence-electron chi connectivity index (χ0n) is 25.6. The number of carbonyl (C=O) groups is 1. The number of anilines is 1. The van der Waals surface area contributed by atoms with Crippen LogP contribution >= 0.6 is 11.6 Å². The van der Waals surface area contributed by atoms with Crippen LogP contribution in [-0.2, 0) is 4.79 Å². The molecule has 2 fully saturated rings. The number of hydrogen-bond donors (Lipinski definition) is 0. The third kappa shape index (κ3) is 6.15. The number of nitrogens with zero attached hydrogens (tertiary/aromatic N) is 7. The van der Waals surface area contributed by atoms with Crippen LogP contribution in [-0.4, -0.2) is 94.8 Å². The van der Waals surface area contributed by atoms with Gasteiger partial charge in [0.25, 0.3) is 5.91 Å². The third-order valence-corrected chi connectivity index (χ3v) is 9.05. The van der Waals surface area contributed by atoms with E-state index in [9.17, 15) is 18.0 Å². The van der Waals surface area contributed by atoms with Crippen LogP contribution in [0.3, 0.4) is 0 Å². The number of carbonyl (C=O) groups excluding carboxylic acids is 1. The van der Waals surface area contributed by atoms with Crippen molar-refractivity contribution in [2.45, 2.75) is 31.1 Å². The summed E-state index contributed by atoms with van der Waals surface area (Å²) in [5, 5.41) is 0.891. The summed E-state index contributed by atoms with van der Waals surface area (Å²) in [6, 6.07) is 6.57. The highest BCUT2D eigenvalue weighted by molar-refractivity contribution is 6.36. The van der Waals surface area contributed by atoms with Gasteiger partial charge in [-0.05, 0) is 25.4 Å². The molecule has 0 aliphatic carbocycles. The molecule has 3 atom stereocenters. The topological polar surface area (TPSA) is 79.1 Å². The third-order valence-electron chi connectivity index (χ3n) is 8.68. The molecule has 244 valence electrons. The molecule has 47 heavy (non-hydrogen) atoms.